The maximum atomic E-state index is 14.4. The topological polar surface area (TPSA) is 29.5 Å². The summed E-state index contributed by atoms with van der Waals surface area (Å²) in [6.45, 7) is 2.37. The number of phenolic OH excluding ortho intramolecular Hbond substituents is 1. The van der Waals surface area contributed by atoms with Crippen molar-refractivity contribution in [3.05, 3.63) is 35.9 Å². The van der Waals surface area contributed by atoms with Gasteiger partial charge in [0.15, 0.2) is 23.1 Å². The van der Waals surface area contributed by atoms with Crippen LogP contribution in [0.5, 0.6) is 11.5 Å². The summed E-state index contributed by atoms with van der Waals surface area (Å²) in [5.74, 6) is -1.43. The first-order valence-electron chi connectivity index (χ1n) is 6.28. The number of aromatic hydroxyl groups is 1. The number of hydrogen-bond acceptors (Lipinski definition) is 3. The van der Waals surface area contributed by atoms with Gasteiger partial charge in [0.05, 0.1) is 16.0 Å². The first kappa shape index (κ1) is 13.1. The van der Waals surface area contributed by atoms with Crippen LogP contribution in [-0.2, 0) is 0 Å². The smallest absolute Gasteiger partial charge is 0.182 e. The van der Waals surface area contributed by atoms with Gasteiger partial charge in [-0.25, -0.2) is 8.78 Å². The highest BCUT2D eigenvalue weighted by Crippen LogP contribution is 2.41. The minimum absolute atomic E-state index is 0.176. The van der Waals surface area contributed by atoms with Gasteiger partial charge in [-0.3, -0.25) is 0 Å². The van der Waals surface area contributed by atoms with E-state index in [1.54, 1.807) is 18.2 Å². The second-order valence-electron chi connectivity index (χ2n) is 4.48. The van der Waals surface area contributed by atoms with Crippen LogP contribution in [0.25, 0.3) is 20.2 Å². The predicted octanol–water partition coefficient (Wildman–Crippen LogP) is 4.83. The minimum atomic E-state index is -0.709. The van der Waals surface area contributed by atoms with Gasteiger partial charge in [-0.15, -0.1) is 11.3 Å². The van der Waals surface area contributed by atoms with Crippen LogP contribution in [0.2, 0.25) is 0 Å². The fraction of sp³-hybridized carbons (Fsp3) is 0.200. The lowest BCUT2D eigenvalue weighted by Crippen LogP contribution is -1.97. The Morgan fingerprint density at radius 1 is 1.05 bits per heavy atom. The third-order valence-electron chi connectivity index (χ3n) is 3.09. The highest BCUT2D eigenvalue weighted by Gasteiger charge is 2.17. The van der Waals surface area contributed by atoms with E-state index in [9.17, 15) is 13.9 Å². The Morgan fingerprint density at radius 2 is 1.70 bits per heavy atom. The molecule has 2 aromatic carbocycles. The normalized spacial score (nSPS) is 11.3. The zero-order valence-electron chi connectivity index (χ0n) is 10.7. The molecule has 104 valence electrons. The molecule has 2 nitrogen and oxygen atoms in total. The third kappa shape index (κ3) is 1.89. The molecular formula is C15H12F2O2S. The second-order valence-corrected chi connectivity index (χ2v) is 5.50. The third-order valence-corrected chi connectivity index (χ3v) is 4.30. The van der Waals surface area contributed by atoms with E-state index in [0.717, 1.165) is 17.8 Å². The summed E-state index contributed by atoms with van der Waals surface area (Å²) in [5.41, 5.74) is 0. The molecule has 3 rings (SSSR count). The average molecular weight is 294 g/mol. The fourth-order valence-corrected chi connectivity index (χ4v) is 3.30. The van der Waals surface area contributed by atoms with E-state index >= 15 is 0 Å². The molecule has 0 fully saturated rings. The molecule has 1 heterocycles. The Balaban J connectivity index is 2.27. The Morgan fingerprint density at radius 3 is 2.40 bits per heavy atom. The molecule has 0 spiro atoms. The Hall–Kier alpha value is -1.88. The molecule has 1 aromatic heterocycles. The van der Waals surface area contributed by atoms with Crippen LogP contribution in [0.15, 0.2) is 24.3 Å². The van der Waals surface area contributed by atoms with Crippen molar-refractivity contribution in [3.8, 4) is 11.5 Å². The molecule has 5 heteroatoms. The Kier molecular flexibility index (Phi) is 3.22. The lowest BCUT2D eigenvalue weighted by molar-refractivity contribution is 0.303. The van der Waals surface area contributed by atoms with Gasteiger partial charge in [0.1, 0.15) is 0 Å². The summed E-state index contributed by atoms with van der Waals surface area (Å²) in [7, 11) is 0. The summed E-state index contributed by atoms with van der Waals surface area (Å²) in [4.78, 5) is 0. The van der Waals surface area contributed by atoms with Crippen molar-refractivity contribution in [2.75, 3.05) is 6.61 Å². The molecular weight excluding hydrogens is 282 g/mol. The van der Waals surface area contributed by atoms with Crippen LogP contribution in [0.4, 0.5) is 8.78 Å². The van der Waals surface area contributed by atoms with Crippen LogP contribution in [-0.4, -0.2) is 11.7 Å². The first-order chi connectivity index (χ1) is 9.63. The standard InChI is InChI=1S/C15H12F2O2S/c1-2-7-19-11-6-4-9-8-3-5-10(18)12(16)14(8)20-15(9)13(11)17/h3-6,18H,2,7H2,1H3. The summed E-state index contributed by atoms with van der Waals surface area (Å²) in [6, 6.07) is 6.16. The van der Waals surface area contributed by atoms with E-state index in [4.69, 9.17) is 4.74 Å². The summed E-state index contributed by atoms with van der Waals surface area (Å²) in [5, 5.41) is 10.6. The van der Waals surface area contributed by atoms with Crippen molar-refractivity contribution >= 4 is 31.5 Å². The van der Waals surface area contributed by atoms with Gasteiger partial charge in [-0.05, 0) is 30.7 Å². The van der Waals surface area contributed by atoms with Crippen LogP contribution in [0.3, 0.4) is 0 Å². The molecule has 3 aromatic rings. The van der Waals surface area contributed by atoms with Crippen LogP contribution in [0.1, 0.15) is 13.3 Å². The number of benzene rings is 2. The largest absolute Gasteiger partial charge is 0.505 e. The van der Waals surface area contributed by atoms with Gasteiger partial charge in [0.25, 0.3) is 0 Å². The van der Waals surface area contributed by atoms with Crippen LogP contribution >= 0.6 is 11.3 Å². The molecule has 0 amide bonds. The van der Waals surface area contributed by atoms with Gasteiger partial charge >= 0.3 is 0 Å². The molecule has 0 aliphatic heterocycles. The van der Waals surface area contributed by atoms with Gasteiger partial charge in [-0.1, -0.05) is 6.92 Å². The maximum absolute atomic E-state index is 14.4. The molecule has 20 heavy (non-hydrogen) atoms. The molecule has 0 bridgehead atoms. The zero-order valence-corrected chi connectivity index (χ0v) is 11.6. The highest BCUT2D eigenvalue weighted by molar-refractivity contribution is 7.25. The number of rotatable bonds is 3. The molecule has 1 N–H and O–H groups in total. The molecule has 0 aliphatic rings. The lowest BCUT2D eigenvalue weighted by Gasteiger charge is -2.05. The second kappa shape index (κ2) is 4.90. The Bertz CT molecular complexity index is 796. The van der Waals surface area contributed by atoms with E-state index in [1.165, 1.54) is 6.07 Å². The number of ether oxygens (including phenoxy) is 1. The van der Waals surface area contributed by atoms with Crippen molar-refractivity contribution < 1.29 is 18.6 Å². The average Bonchev–Trinajstić information content (AvgIpc) is 2.83. The number of thiophene rings is 1. The number of hydrogen-bond donors (Lipinski definition) is 1. The lowest BCUT2D eigenvalue weighted by atomic mass is 10.1. The monoisotopic (exact) mass is 294 g/mol. The van der Waals surface area contributed by atoms with Crippen molar-refractivity contribution in [1.82, 2.24) is 0 Å². The van der Waals surface area contributed by atoms with Gasteiger partial charge < -0.3 is 9.84 Å². The van der Waals surface area contributed by atoms with Crippen molar-refractivity contribution in [3.63, 3.8) is 0 Å². The van der Waals surface area contributed by atoms with Gasteiger partial charge in [0.2, 0.25) is 0 Å². The molecule has 0 saturated carbocycles. The van der Waals surface area contributed by atoms with Crippen molar-refractivity contribution in [2.45, 2.75) is 13.3 Å². The van der Waals surface area contributed by atoms with Crippen LogP contribution in [0, 0.1) is 11.6 Å². The number of halogens is 2. The molecule has 0 radical (unpaired) electrons. The summed E-state index contributed by atoms with van der Waals surface area (Å²) >= 11 is 0.987. The maximum Gasteiger partial charge on any atom is 0.182 e. The first-order valence-corrected chi connectivity index (χ1v) is 7.10. The van der Waals surface area contributed by atoms with Crippen molar-refractivity contribution in [1.29, 1.82) is 0 Å². The summed E-state index contributed by atoms with van der Waals surface area (Å²) < 4.78 is 34.2. The fourth-order valence-electron chi connectivity index (χ4n) is 2.13. The van der Waals surface area contributed by atoms with E-state index in [1.807, 2.05) is 6.92 Å². The quantitative estimate of drug-likeness (QED) is 0.750. The number of fused-ring (bicyclic) bond motifs is 3. The van der Waals surface area contributed by atoms with Crippen LogP contribution < -0.4 is 4.74 Å². The SMILES string of the molecule is CCCOc1ccc2c(sc3c(F)c(O)ccc32)c1F. The van der Waals surface area contributed by atoms with Crippen molar-refractivity contribution in [2.24, 2.45) is 0 Å². The van der Waals surface area contributed by atoms with E-state index in [-0.39, 0.29) is 10.4 Å². The molecule has 0 atom stereocenters. The van der Waals surface area contributed by atoms with E-state index in [2.05, 4.69) is 0 Å². The highest BCUT2D eigenvalue weighted by atomic mass is 32.1. The number of phenols is 1. The molecule has 0 unspecified atom stereocenters. The molecule has 0 aliphatic carbocycles. The van der Waals surface area contributed by atoms with Gasteiger partial charge in [0, 0.05) is 10.8 Å². The zero-order chi connectivity index (χ0) is 14.3. The predicted molar refractivity (Wildman–Crippen MR) is 76.7 cm³/mol. The summed E-state index contributed by atoms with van der Waals surface area (Å²) in [6.07, 6.45) is 0.784. The van der Waals surface area contributed by atoms with E-state index < -0.39 is 17.4 Å². The Labute approximate surface area is 118 Å². The van der Waals surface area contributed by atoms with E-state index in [0.29, 0.717) is 22.1 Å². The van der Waals surface area contributed by atoms with Gasteiger partial charge in [-0.2, -0.15) is 0 Å². The molecule has 0 saturated heterocycles. The minimum Gasteiger partial charge on any atom is -0.505 e.